The van der Waals surface area contributed by atoms with Gasteiger partial charge in [-0.05, 0) is 37.3 Å². The van der Waals surface area contributed by atoms with Crippen molar-refractivity contribution in [1.29, 1.82) is 0 Å². The largest absolute Gasteiger partial charge is 0.397 e. The van der Waals surface area contributed by atoms with E-state index in [1.807, 2.05) is 0 Å². The predicted molar refractivity (Wildman–Crippen MR) is 87.5 cm³/mol. The number of hydrogen-bond donors (Lipinski definition) is 1. The molecule has 0 fully saturated rings. The first kappa shape index (κ1) is 15.9. The van der Waals surface area contributed by atoms with Crippen molar-refractivity contribution in [3.05, 3.63) is 52.5 Å². The maximum Gasteiger partial charge on any atom is 0.265 e. The number of rotatable bonds is 4. The molecule has 0 spiro atoms. The van der Waals surface area contributed by atoms with Gasteiger partial charge >= 0.3 is 0 Å². The summed E-state index contributed by atoms with van der Waals surface area (Å²) in [4.78, 5) is -0.0400. The van der Waals surface area contributed by atoms with Gasteiger partial charge in [0.05, 0.1) is 16.4 Å². The van der Waals surface area contributed by atoms with Crippen molar-refractivity contribution >= 4 is 44.6 Å². The van der Waals surface area contributed by atoms with E-state index in [1.54, 1.807) is 31.2 Å². The number of nitrogens with zero attached hydrogens (tertiary/aromatic N) is 1. The van der Waals surface area contributed by atoms with E-state index in [-0.39, 0.29) is 16.5 Å². The maximum atomic E-state index is 12.8. The van der Waals surface area contributed by atoms with Crippen molar-refractivity contribution in [3.8, 4) is 0 Å². The predicted octanol–water partition coefficient (Wildman–Crippen LogP) is 3.79. The van der Waals surface area contributed by atoms with Crippen molar-refractivity contribution in [2.45, 2.75) is 11.8 Å². The van der Waals surface area contributed by atoms with Crippen molar-refractivity contribution in [2.24, 2.45) is 0 Å². The molecule has 21 heavy (non-hydrogen) atoms. The second-order valence-corrected chi connectivity index (χ2v) is 6.98. The zero-order chi connectivity index (χ0) is 15.6. The number of nitrogen functional groups attached to an aromatic ring is 1. The van der Waals surface area contributed by atoms with E-state index in [4.69, 9.17) is 28.9 Å². The molecule has 0 aliphatic carbocycles. The highest BCUT2D eigenvalue weighted by molar-refractivity contribution is 7.93. The molecule has 0 saturated heterocycles. The van der Waals surface area contributed by atoms with Crippen molar-refractivity contribution < 1.29 is 8.42 Å². The monoisotopic (exact) mass is 344 g/mol. The molecule has 0 radical (unpaired) electrons. The van der Waals surface area contributed by atoms with Crippen LogP contribution in [0, 0.1) is 0 Å². The third-order valence-corrected chi connectivity index (χ3v) is 5.56. The summed E-state index contributed by atoms with van der Waals surface area (Å²) in [5.74, 6) is 0. The van der Waals surface area contributed by atoms with Crippen LogP contribution in [-0.4, -0.2) is 15.0 Å². The molecule has 0 amide bonds. The molecule has 2 rings (SSSR count). The number of halogens is 2. The highest BCUT2D eigenvalue weighted by Gasteiger charge is 2.27. The van der Waals surface area contributed by atoms with E-state index < -0.39 is 10.0 Å². The van der Waals surface area contributed by atoms with Gasteiger partial charge in [-0.25, -0.2) is 8.42 Å². The molecular weight excluding hydrogens is 331 g/mol. The van der Waals surface area contributed by atoms with Crippen LogP contribution in [0.2, 0.25) is 10.0 Å². The fourth-order valence-electron chi connectivity index (χ4n) is 1.98. The lowest BCUT2D eigenvalue weighted by molar-refractivity contribution is 0.592. The first-order valence-electron chi connectivity index (χ1n) is 6.20. The van der Waals surface area contributed by atoms with E-state index in [2.05, 4.69) is 0 Å². The summed E-state index contributed by atoms with van der Waals surface area (Å²) in [5, 5.41) is 0.419. The standard InChI is InChI=1S/C14H14Cl2N2O2S/c1-2-18(13-6-4-3-5-12(13)17)21(19,20)14-9-10(15)7-8-11(14)16/h3-9H,2,17H2,1H3. The van der Waals surface area contributed by atoms with Crippen LogP contribution >= 0.6 is 23.2 Å². The Morgan fingerprint density at radius 2 is 1.81 bits per heavy atom. The molecule has 0 aliphatic rings. The average Bonchev–Trinajstić information content (AvgIpc) is 2.44. The maximum absolute atomic E-state index is 12.8. The lowest BCUT2D eigenvalue weighted by Gasteiger charge is -2.24. The smallest absolute Gasteiger partial charge is 0.265 e. The van der Waals surface area contributed by atoms with E-state index in [0.29, 0.717) is 16.4 Å². The molecule has 2 aromatic carbocycles. The van der Waals surface area contributed by atoms with Crippen molar-refractivity contribution in [1.82, 2.24) is 0 Å². The summed E-state index contributed by atoms with van der Waals surface area (Å²) in [6, 6.07) is 11.1. The normalized spacial score (nSPS) is 11.4. The Morgan fingerprint density at radius 1 is 1.14 bits per heavy atom. The van der Waals surface area contributed by atoms with Crippen LogP contribution in [-0.2, 0) is 10.0 Å². The molecule has 0 saturated carbocycles. The summed E-state index contributed by atoms with van der Waals surface area (Å²) in [7, 11) is -3.84. The van der Waals surface area contributed by atoms with E-state index in [9.17, 15) is 8.42 Å². The molecular formula is C14H14Cl2N2O2S. The first-order chi connectivity index (χ1) is 9.87. The number of sulfonamides is 1. The van der Waals surface area contributed by atoms with Crippen LogP contribution < -0.4 is 10.0 Å². The lowest BCUT2D eigenvalue weighted by atomic mass is 10.3. The molecule has 0 bridgehead atoms. The van der Waals surface area contributed by atoms with E-state index >= 15 is 0 Å². The lowest BCUT2D eigenvalue weighted by Crippen LogP contribution is -2.31. The molecule has 2 N–H and O–H groups in total. The highest BCUT2D eigenvalue weighted by Crippen LogP contribution is 2.32. The molecule has 7 heteroatoms. The van der Waals surface area contributed by atoms with Gasteiger partial charge in [0.25, 0.3) is 10.0 Å². The van der Waals surface area contributed by atoms with Gasteiger partial charge in [0.15, 0.2) is 0 Å². The van der Waals surface area contributed by atoms with Gasteiger partial charge < -0.3 is 5.73 Å². The Labute approximate surface area is 134 Å². The Kier molecular flexibility index (Phi) is 4.66. The number of hydrogen-bond acceptors (Lipinski definition) is 3. The Bertz CT molecular complexity index is 763. The third kappa shape index (κ3) is 3.10. The van der Waals surface area contributed by atoms with Crippen LogP contribution in [0.25, 0.3) is 0 Å². The zero-order valence-corrected chi connectivity index (χ0v) is 13.6. The Balaban J connectivity index is 2.61. The van der Waals surface area contributed by atoms with Crippen LogP contribution in [0.4, 0.5) is 11.4 Å². The van der Waals surface area contributed by atoms with E-state index in [1.165, 1.54) is 22.5 Å². The molecule has 0 aromatic heterocycles. The number of benzene rings is 2. The molecule has 4 nitrogen and oxygen atoms in total. The quantitative estimate of drug-likeness (QED) is 0.858. The second-order valence-electron chi connectivity index (χ2n) is 4.30. The SMILES string of the molecule is CCN(c1ccccc1N)S(=O)(=O)c1cc(Cl)ccc1Cl. The van der Waals surface area contributed by atoms with Crippen LogP contribution in [0.5, 0.6) is 0 Å². The molecule has 0 heterocycles. The second kappa shape index (κ2) is 6.13. The highest BCUT2D eigenvalue weighted by atomic mass is 35.5. The van der Waals surface area contributed by atoms with Crippen molar-refractivity contribution in [3.63, 3.8) is 0 Å². The third-order valence-electron chi connectivity index (χ3n) is 2.95. The number of anilines is 2. The Morgan fingerprint density at radius 3 is 2.43 bits per heavy atom. The fourth-order valence-corrected chi connectivity index (χ4v) is 4.22. The van der Waals surface area contributed by atoms with Crippen LogP contribution in [0.15, 0.2) is 47.4 Å². The summed E-state index contributed by atoms with van der Waals surface area (Å²) in [6.45, 7) is 1.95. The fraction of sp³-hybridized carbons (Fsp3) is 0.143. The minimum absolute atomic E-state index is 0.0400. The van der Waals surface area contributed by atoms with Gasteiger partial charge in [-0.3, -0.25) is 4.31 Å². The van der Waals surface area contributed by atoms with Gasteiger partial charge in [0.1, 0.15) is 4.90 Å². The van der Waals surface area contributed by atoms with Gasteiger partial charge in [-0.2, -0.15) is 0 Å². The molecule has 2 aromatic rings. The van der Waals surface area contributed by atoms with Crippen LogP contribution in [0.1, 0.15) is 6.92 Å². The number of para-hydroxylation sites is 2. The average molecular weight is 345 g/mol. The van der Waals surface area contributed by atoms with Gasteiger partial charge in [-0.1, -0.05) is 35.3 Å². The summed E-state index contributed by atoms with van der Waals surface area (Å²) < 4.78 is 26.8. The van der Waals surface area contributed by atoms with Gasteiger partial charge in [-0.15, -0.1) is 0 Å². The summed E-state index contributed by atoms with van der Waals surface area (Å²) in [6.07, 6.45) is 0. The van der Waals surface area contributed by atoms with Crippen LogP contribution in [0.3, 0.4) is 0 Å². The zero-order valence-electron chi connectivity index (χ0n) is 11.3. The molecule has 0 aliphatic heterocycles. The van der Waals surface area contributed by atoms with Gasteiger partial charge in [0, 0.05) is 11.6 Å². The molecule has 0 unspecified atom stereocenters. The molecule has 112 valence electrons. The molecule has 0 atom stereocenters. The number of nitrogens with two attached hydrogens (primary N) is 1. The summed E-state index contributed by atoms with van der Waals surface area (Å²) in [5.41, 5.74) is 6.66. The minimum atomic E-state index is -3.84. The van der Waals surface area contributed by atoms with Crippen molar-refractivity contribution in [2.75, 3.05) is 16.6 Å². The van der Waals surface area contributed by atoms with E-state index in [0.717, 1.165) is 0 Å². The topological polar surface area (TPSA) is 63.4 Å². The minimum Gasteiger partial charge on any atom is -0.397 e. The summed E-state index contributed by atoms with van der Waals surface area (Å²) >= 11 is 11.9. The first-order valence-corrected chi connectivity index (χ1v) is 8.39. The Hall–Kier alpha value is -1.43. The van der Waals surface area contributed by atoms with Gasteiger partial charge in [0.2, 0.25) is 0 Å².